The van der Waals surface area contributed by atoms with E-state index in [0.29, 0.717) is 18.7 Å². The molecule has 6 nitrogen and oxygen atoms in total. The zero-order valence-electron chi connectivity index (χ0n) is 17.6. The lowest BCUT2D eigenvalue weighted by molar-refractivity contribution is -0.123. The van der Waals surface area contributed by atoms with Crippen LogP contribution in [0, 0.1) is 5.41 Å². The second kappa shape index (κ2) is 8.55. The highest BCUT2D eigenvalue weighted by molar-refractivity contribution is 5.95. The zero-order chi connectivity index (χ0) is 21.0. The molecule has 3 rings (SSSR count). The second-order valence-corrected chi connectivity index (χ2v) is 8.26. The SMILES string of the molecule is COc1ccc(C(=O)N2CCN(c3ccc(NC(=O)C(C)(C)C)cc3)CC2)cc1. The lowest BCUT2D eigenvalue weighted by atomic mass is 9.95. The van der Waals surface area contributed by atoms with Crippen molar-refractivity contribution in [3.8, 4) is 5.75 Å². The van der Waals surface area contributed by atoms with Crippen molar-refractivity contribution in [3.05, 3.63) is 54.1 Å². The van der Waals surface area contributed by atoms with E-state index in [1.165, 1.54) is 0 Å². The predicted molar refractivity (Wildman–Crippen MR) is 116 cm³/mol. The summed E-state index contributed by atoms with van der Waals surface area (Å²) in [4.78, 5) is 28.9. The van der Waals surface area contributed by atoms with Crippen LogP contribution in [0.1, 0.15) is 31.1 Å². The van der Waals surface area contributed by atoms with Crippen LogP contribution in [-0.4, -0.2) is 50.0 Å². The molecule has 0 saturated carbocycles. The number of carbonyl (C=O) groups is 2. The molecule has 0 bridgehead atoms. The van der Waals surface area contributed by atoms with Gasteiger partial charge >= 0.3 is 0 Å². The number of nitrogens with zero attached hydrogens (tertiary/aromatic N) is 2. The van der Waals surface area contributed by atoms with Crippen molar-refractivity contribution in [2.45, 2.75) is 20.8 Å². The highest BCUT2D eigenvalue weighted by atomic mass is 16.5. The molecule has 0 aliphatic carbocycles. The fraction of sp³-hybridized carbons (Fsp3) is 0.391. The summed E-state index contributed by atoms with van der Waals surface area (Å²) in [5.41, 5.74) is 2.14. The maximum Gasteiger partial charge on any atom is 0.253 e. The quantitative estimate of drug-likeness (QED) is 0.859. The first kappa shape index (κ1) is 20.7. The van der Waals surface area contributed by atoms with Crippen molar-refractivity contribution in [2.75, 3.05) is 43.5 Å². The number of ether oxygens (including phenoxy) is 1. The number of rotatable bonds is 4. The molecule has 1 aliphatic rings. The smallest absolute Gasteiger partial charge is 0.253 e. The molecule has 2 amide bonds. The average molecular weight is 396 g/mol. The highest BCUT2D eigenvalue weighted by Gasteiger charge is 2.23. The Kier molecular flexibility index (Phi) is 6.11. The third-order valence-electron chi connectivity index (χ3n) is 5.08. The van der Waals surface area contributed by atoms with E-state index in [1.807, 2.05) is 62.1 Å². The fourth-order valence-corrected chi connectivity index (χ4v) is 3.16. The Bertz CT molecular complexity index is 846. The predicted octanol–water partition coefficient (Wildman–Crippen LogP) is 3.64. The summed E-state index contributed by atoms with van der Waals surface area (Å²) in [7, 11) is 1.61. The number of hydrogen-bond acceptors (Lipinski definition) is 4. The summed E-state index contributed by atoms with van der Waals surface area (Å²) in [5.74, 6) is 0.789. The summed E-state index contributed by atoms with van der Waals surface area (Å²) in [6, 6.07) is 15.1. The zero-order valence-corrected chi connectivity index (χ0v) is 17.6. The van der Waals surface area contributed by atoms with Gasteiger partial charge in [-0.25, -0.2) is 0 Å². The Hall–Kier alpha value is -3.02. The third-order valence-corrected chi connectivity index (χ3v) is 5.08. The summed E-state index contributed by atoms with van der Waals surface area (Å²) < 4.78 is 5.15. The first-order valence-electron chi connectivity index (χ1n) is 9.88. The van der Waals surface area contributed by atoms with Crippen molar-refractivity contribution in [2.24, 2.45) is 5.41 Å². The minimum absolute atomic E-state index is 0.00379. The van der Waals surface area contributed by atoms with Gasteiger partial charge in [-0.1, -0.05) is 20.8 Å². The topological polar surface area (TPSA) is 61.9 Å². The Morgan fingerprint density at radius 2 is 1.48 bits per heavy atom. The minimum atomic E-state index is -0.425. The molecule has 1 fully saturated rings. The monoisotopic (exact) mass is 395 g/mol. The summed E-state index contributed by atoms with van der Waals surface area (Å²) in [6.45, 7) is 8.57. The number of hydrogen-bond donors (Lipinski definition) is 1. The molecule has 2 aromatic rings. The molecule has 154 valence electrons. The van der Waals surface area contributed by atoms with E-state index < -0.39 is 5.41 Å². The number of amides is 2. The maximum atomic E-state index is 12.7. The number of carbonyl (C=O) groups excluding carboxylic acids is 2. The van der Waals surface area contributed by atoms with Crippen LogP contribution in [0.4, 0.5) is 11.4 Å². The van der Waals surface area contributed by atoms with E-state index in [4.69, 9.17) is 4.74 Å². The van der Waals surface area contributed by atoms with E-state index in [0.717, 1.165) is 30.2 Å². The van der Waals surface area contributed by atoms with Gasteiger partial charge in [-0.05, 0) is 48.5 Å². The average Bonchev–Trinajstić information content (AvgIpc) is 2.73. The van der Waals surface area contributed by atoms with Crippen molar-refractivity contribution in [1.29, 1.82) is 0 Å². The molecular weight excluding hydrogens is 366 g/mol. The minimum Gasteiger partial charge on any atom is -0.497 e. The summed E-state index contributed by atoms with van der Waals surface area (Å²) in [5, 5.41) is 2.94. The highest BCUT2D eigenvalue weighted by Crippen LogP contribution is 2.22. The van der Waals surface area contributed by atoms with E-state index >= 15 is 0 Å². The summed E-state index contributed by atoms with van der Waals surface area (Å²) in [6.07, 6.45) is 0. The van der Waals surface area contributed by atoms with E-state index in [-0.39, 0.29) is 11.8 Å². The Morgan fingerprint density at radius 3 is 2.00 bits per heavy atom. The molecule has 0 radical (unpaired) electrons. The standard InChI is InChI=1S/C23H29N3O3/c1-23(2,3)22(28)24-18-7-9-19(10-8-18)25-13-15-26(16-14-25)21(27)17-5-11-20(29-4)12-6-17/h5-12H,13-16H2,1-4H3,(H,24,28). The van der Waals surface area contributed by atoms with Crippen LogP contribution in [0.2, 0.25) is 0 Å². The molecule has 0 atom stereocenters. The van der Waals surface area contributed by atoms with E-state index in [2.05, 4.69) is 10.2 Å². The Morgan fingerprint density at radius 1 is 0.897 bits per heavy atom. The molecule has 1 heterocycles. The molecule has 1 N–H and O–H groups in total. The van der Waals surface area contributed by atoms with Gasteiger partial charge in [-0.2, -0.15) is 0 Å². The van der Waals surface area contributed by atoms with Crippen LogP contribution in [0.5, 0.6) is 5.75 Å². The Labute approximate surface area is 172 Å². The molecule has 6 heteroatoms. The second-order valence-electron chi connectivity index (χ2n) is 8.26. The lowest BCUT2D eigenvalue weighted by Crippen LogP contribution is -2.48. The maximum absolute atomic E-state index is 12.7. The number of methoxy groups -OCH3 is 1. The molecule has 2 aromatic carbocycles. The van der Waals surface area contributed by atoms with Gasteiger partial charge in [0.1, 0.15) is 5.75 Å². The van der Waals surface area contributed by atoms with E-state index in [9.17, 15) is 9.59 Å². The molecule has 0 spiro atoms. The Balaban J connectivity index is 1.56. The van der Waals surface area contributed by atoms with E-state index in [1.54, 1.807) is 19.2 Å². The van der Waals surface area contributed by atoms with Crippen LogP contribution in [0.3, 0.4) is 0 Å². The molecular formula is C23H29N3O3. The van der Waals surface area contributed by atoms with Gasteiger partial charge in [0.05, 0.1) is 7.11 Å². The van der Waals surface area contributed by atoms with Crippen LogP contribution >= 0.6 is 0 Å². The van der Waals surface area contributed by atoms with Crippen LogP contribution in [0.15, 0.2) is 48.5 Å². The van der Waals surface area contributed by atoms with Crippen molar-refractivity contribution >= 4 is 23.2 Å². The van der Waals surface area contributed by atoms with Gasteiger partial charge in [0.2, 0.25) is 5.91 Å². The van der Waals surface area contributed by atoms with Gasteiger partial charge in [-0.15, -0.1) is 0 Å². The van der Waals surface area contributed by atoms with Gasteiger partial charge in [0.25, 0.3) is 5.91 Å². The normalized spacial score (nSPS) is 14.5. The molecule has 0 aromatic heterocycles. The van der Waals surface area contributed by atoms with Crippen molar-refractivity contribution in [1.82, 2.24) is 4.90 Å². The van der Waals surface area contributed by atoms with Gasteiger partial charge < -0.3 is 19.9 Å². The molecule has 1 saturated heterocycles. The largest absolute Gasteiger partial charge is 0.497 e. The van der Waals surface area contributed by atoms with Gasteiger partial charge in [-0.3, -0.25) is 9.59 Å². The number of benzene rings is 2. The third kappa shape index (κ3) is 5.08. The number of anilines is 2. The number of piperazine rings is 1. The first-order valence-corrected chi connectivity index (χ1v) is 9.88. The number of nitrogens with one attached hydrogen (secondary N) is 1. The molecule has 0 unspecified atom stereocenters. The lowest BCUT2D eigenvalue weighted by Gasteiger charge is -2.36. The molecule has 1 aliphatic heterocycles. The molecule has 29 heavy (non-hydrogen) atoms. The van der Waals surface area contributed by atoms with Crippen molar-refractivity contribution < 1.29 is 14.3 Å². The summed E-state index contributed by atoms with van der Waals surface area (Å²) >= 11 is 0. The van der Waals surface area contributed by atoms with Gasteiger partial charge in [0.15, 0.2) is 0 Å². The fourth-order valence-electron chi connectivity index (χ4n) is 3.16. The van der Waals surface area contributed by atoms with Crippen LogP contribution in [-0.2, 0) is 4.79 Å². The van der Waals surface area contributed by atoms with Crippen LogP contribution < -0.4 is 15.0 Å². The first-order chi connectivity index (χ1) is 13.8. The van der Waals surface area contributed by atoms with Crippen molar-refractivity contribution in [3.63, 3.8) is 0 Å². The van der Waals surface area contributed by atoms with Gasteiger partial charge in [0, 0.05) is 48.5 Å². The van der Waals surface area contributed by atoms with Crippen LogP contribution in [0.25, 0.3) is 0 Å².